The van der Waals surface area contributed by atoms with Crippen molar-refractivity contribution in [3.8, 4) is 0 Å². The summed E-state index contributed by atoms with van der Waals surface area (Å²) in [6, 6.07) is 0. The molecule has 0 bridgehead atoms. The van der Waals surface area contributed by atoms with Crippen LogP contribution in [0, 0.1) is 0 Å². The molecule has 3 nitrogen and oxygen atoms in total. The average Bonchev–Trinajstić information content (AvgIpc) is 1.61. The molecule has 1 N–H and O–H groups in total. The molecule has 0 radical (unpaired) electrons. The lowest BCUT2D eigenvalue weighted by molar-refractivity contribution is -0.118. The summed E-state index contributed by atoms with van der Waals surface area (Å²) in [6.45, 7) is 3.22. The molecule has 0 heterocycles. The summed E-state index contributed by atoms with van der Waals surface area (Å²) < 4.78 is 0.817. The second-order valence-electron chi connectivity index (χ2n) is 1.28. The molecule has 0 spiro atoms. The Balaban J connectivity index is 3.45. The Morgan fingerprint density at radius 1 is 1.62 bits per heavy atom. The van der Waals surface area contributed by atoms with Crippen LogP contribution in [-0.2, 0) is 4.79 Å². The molecule has 0 rings (SSSR count). The van der Waals surface area contributed by atoms with Crippen LogP contribution >= 0.6 is 22.6 Å². The molecular weight excluding hydrogens is 219 g/mol. The lowest BCUT2D eigenvalue weighted by Gasteiger charge is -1.88. The standard InChI is InChI=1S/C4H7IN2O/c1-3(5)6-7-4(2)8/h1-2H3,(H,7,8)/b6-3+. The van der Waals surface area contributed by atoms with Crippen LogP contribution < -0.4 is 5.43 Å². The van der Waals surface area contributed by atoms with Gasteiger partial charge in [-0.3, -0.25) is 4.79 Å². The minimum atomic E-state index is -0.138. The van der Waals surface area contributed by atoms with E-state index in [9.17, 15) is 4.79 Å². The number of nitrogens with one attached hydrogen (secondary N) is 1. The number of halogens is 1. The maximum atomic E-state index is 10.1. The van der Waals surface area contributed by atoms with Crippen molar-refractivity contribution < 1.29 is 4.79 Å². The highest BCUT2D eigenvalue weighted by Gasteiger charge is 1.83. The van der Waals surface area contributed by atoms with Crippen LogP contribution in [-0.4, -0.2) is 9.63 Å². The van der Waals surface area contributed by atoms with Gasteiger partial charge in [-0.15, -0.1) is 0 Å². The number of hydrazone groups is 1. The van der Waals surface area contributed by atoms with Crippen molar-refractivity contribution in [2.24, 2.45) is 5.10 Å². The Kier molecular flexibility index (Phi) is 3.76. The summed E-state index contributed by atoms with van der Waals surface area (Å²) in [4.78, 5) is 10.1. The van der Waals surface area contributed by atoms with Crippen molar-refractivity contribution in [2.45, 2.75) is 13.8 Å². The largest absolute Gasteiger partial charge is 0.274 e. The van der Waals surface area contributed by atoms with E-state index in [-0.39, 0.29) is 5.91 Å². The molecule has 0 aliphatic heterocycles. The normalized spacial score (nSPS) is 11.1. The minimum absolute atomic E-state index is 0.138. The zero-order valence-corrected chi connectivity index (χ0v) is 6.89. The van der Waals surface area contributed by atoms with Crippen LogP contribution in [0.1, 0.15) is 13.8 Å². The van der Waals surface area contributed by atoms with Gasteiger partial charge in [0.1, 0.15) is 0 Å². The molecular formula is C4H7IN2O. The first-order valence-corrected chi connectivity index (χ1v) is 3.17. The first-order valence-electron chi connectivity index (χ1n) is 2.09. The van der Waals surface area contributed by atoms with Gasteiger partial charge in [0.25, 0.3) is 0 Å². The van der Waals surface area contributed by atoms with E-state index in [0.717, 1.165) is 3.72 Å². The van der Waals surface area contributed by atoms with Crippen molar-refractivity contribution in [3.63, 3.8) is 0 Å². The molecule has 0 aromatic rings. The fourth-order valence-corrected chi connectivity index (χ4v) is 0.276. The molecule has 1 amide bonds. The molecule has 0 atom stereocenters. The second-order valence-corrected chi connectivity index (χ2v) is 2.84. The van der Waals surface area contributed by atoms with Gasteiger partial charge in [-0.25, -0.2) is 5.43 Å². The Labute approximate surface area is 61.7 Å². The molecule has 0 aromatic heterocycles. The van der Waals surface area contributed by atoms with Crippen LogP contribution in [0.25, 0.3) is 0 Å². The van der Waals surface area contributed by atoms with Crippen molar-refractivity contribution in [1.29, 1.82) is 0 Å². The van der Waals surface area contributed by atoms with Crippen LogP contribution in [0.4, 0.5) is 0 Å². The third kappa shape index (κ3) is 5.87. The van der Waals surface area contributed by atoms with Crippen LogP contribution in [0.3, 0.4) is 0 Å². The smallest absolute Gasteiger partial charge is 0.236 e. The van der Waals surface area contributed by atoms with Gasteiger partial charge in [0.15, 0.2) is 0 Å². The van der Waals surface area contributed by atoms with Gasteiger partial charge >= 0.3 is 0 Å². The van der Waals surface area contributed by atoms with E-state index >= 15 is 0 Å². The number of nitrogens with zero attached hydrogens (tertiary/aromatic N) is 1. The predicted molar refractivity (Wildman–Crippen MR) is 40.9 cm³/mol. The van der Waals surface area contributed by atoms with Crippen molar-refractivity contribution >= 4 is 32.2 Å². The lowest BCUT2D eigenvalue weighted by atomic mass is 10.8. The number of carbonyl (C=O) groups excluding carboxylic acids is 1. The molecule has 0 saturated heterocycles. The maximum Gasteiger partial charge on any atom is 0.236 e. The van der Waals surface area contributed by atoms with Gasteiger partial charge < -0.3 is 0 Å². The second kappa shape index (κ2) is 3.82. The zero-order valence-electron chi connectivity index (χ0n) is 4.73. The fourth-order valence-electron chi connectivity index (χ4n) is 0.156. The van der Waals surface area contributed by atoms with Gasteiger partial charge in [0, 0.05) is 6.92 Å². The molecule has 0 saturated carbocycles. The van der Waals surface area contributed by atoms with Gasteiger partial charge in [-0.05, 0) is 29.5 Å². The molecule has 0 aromatic carbocycles. The summed E-state index contributed by atoms with van der Waals surface area (Å²) in [5.41, 5.74) is 2.29. The highest BCUT2D eigenvalue weighted by Crippen LogP contribution is 1.84. The highest BCUT2D eigenvalue weighted by molar-refractivity contribution is 14.1. The average molecular weight is 226 g/mol. The lowest BCUT2D eigenvalue weighted by Crippen LogP contribution is -2.12. The van der Waals surface area contributed by atoms with E-state index in [1.807, 2.05) is 22.6 Å². The molecule has 0 aliphatic rings. The van der Waals surface area contributed by atoms with Crippen LogP contribution in [0.2, 0.25) is 0 Å². The topological polar surface area (TPSA) is 41.5 Å². The molecule has 0 fully saturated rings. The quantitative estimate of drug-likeness (QED) is 0.402. The summed E-state index contributed by atoms with van der Waals surface area (Å²) in [5.74, 6) is -0.138. The SMILES string of the molecule is CC(=O)N/N=C(\C)I. The highest BCUT2D eigenvalue weighted by atomic mass is 127. The van der Waals surface area contributed by atoms with Gasteiger partial charge in [0.05, 0.1) is 3.72 Å². The minimum Gasteiger partial charge on any atom is -0.274 e. The summed E-state index contributed by atoms with van der Waals surface area (Å²) in [6.07, 6.45) is 0. The van der Waals surface area contributed by atoms with E-state index < -0.39 is 0 Å². The maximum absolute atomic E-state index is 10.1. The Hall–Kier alpha value is -0.130. The first kappa shape index (κ1) is 7.87. The van der Waals surface area contributed by atoms with E-state index in [0.29, 0.717) is 0 Å². The monoisotopic (exact) mass is 226 g/mol. The number of hydrogen-bond acceptors (Lipinski definition) is 2. The van der Waals surface area contributed by atoms with Gasteiger partial charge in [-0.2, -0.15) is 5.10 Å². The molecule has 0 aliphatic carbocycles. The summed E-state index contributed by atoms with van der Waals surface area (Å²) >= 11 is 2.01. The first-order chi connectivity index (χ1) is 3.63. The van der Waals surface area contributed by atoms with Crippen molar-refractivity contribution in [2.75, 3.05) is 0 Å². The van der Waals surface area contributed by atoms with E-state index in [1.165, 1.54) is 6.92 Å². The predicted octanol–water partition coefficient (Wildman–Crippen LogP) is 0.891. The fraction of sp³-hybridized carbons (Fsp3) is 0.500. The van der Waals surface area contributed by atoms with E-state index in [1.54, 1.807) is 6.92 Å². The van der Waals surface area contributed by atoms with Crippen LogP contribution in [0.5, 0.6) is 0 Å². The molecule has 46 valence electrons. The number of carbonyl (C=O) groups is 1. The van der Waals surface area contributed by atoms with Crippen molar-refractivity contribution in [1.82, 2.24) is 5.43 Å². The summed E-state index contributed by atoms with van der Waals surface area (Å²) in [7, 11) is 0. The third-order valence-electron chi connectivity index (χ3n) is 0.367. The number of hydrogen-bond donors (Lipinski definition) is 1. The number of rotatable bonds is 1. The number of amides is 1. The zero-order chi connectivity index (χ0) is 6.57. The van der Waals surface area contributed by atoms with Crippen LogP contribution in [0.15, 0.2) is 5.10 Å². The Morgan fingerprint density at radius 3 is 2.25 bits per heavy atom. The third-order valence-corrected chi connectivity index (χ3v) is 0.609. The molecule has 8 heavy (non-hydrogen) atoms. The van der Waals surface area contributed by atoms with E-state index in [2.05, 4.69) is 10.5 Å². The molecule has 0 unspecified atom stereocenters. The van der Waals surface area contributed by atoms with Gasteiger partial charge in [0.2, 0.25) is 5.91 Å². The Bertz CT molecular complexity index is 117. The molecule has 4 heteroatoms. The van der Waals surface area contributed by atoms with Crippen molar-refractivity contribution in [3.05, 3.63) is 0 Å². The summed E-state index contributed by atoms with van der Waals surface area (Å²) in [5, 5.41) is 3.63. The van der Waals surface area contributed by atoms with Gasteiger partial charge in [-0.1, -0.05) is 0 Å². The van der Waals surface area contributed by atoms with E-state index in [4.69, 9.17) is 0 Å². The Morgan fingerprint density at radius 2 is 2.12 bits per heavy atom.